The Balaban J connectivity index is 1.59. The number of aromatic nitrogens is 2. The van der Waals surface area contributed by atoms with Gasteiger partial charge in [0.1, 0.15) is 11.5 Å². The monoisotopic (exact) mass is 365 g/mol. The van der Waals surface area contributed by atoms with Crippen LogP contribution in [0.5, 0.6) is 11.5 Å². The van der Waals surface area contributed by atoms with Crippen LogP contribution in [-0.2, 0) is 0 Å². The lowest BCUT2D eigenvalue weighted by atomic mass is 10.2. The first-order chi connectivity index (χ1) is 12.7. The van der Waals surface area contributed by atoms with E-state index in [-0.39, 0.29) is 6.79 Å². The van der Waals surface area contributed by atoms with Gasteiger partial charge >= 0.3 is 0 Å². The van der Waals surface area contributed by atoms with E-state index >= 15 is 0 Å². The van der Waals surface area contributed by atoms with Gasteiger partial charge in [-0.15, -0.1) is 0 Å². The third kappa shape index (κ3) is 3.18. The smallest absolute Gasteiger partial charge is 0.231 e. The molecule has 3 aromatic rings. The van der Waals surface area contributed by atoms with Crippen molar-refractivity contribution in [3.8, 4) is 17.6 Å². The minimum Gasteiger partial charge on any atom is -0.454 e. The molecule has 0 saturated heterocycles. The molecule has 0 atom stereocenters. The van der Waals surface area contributed by atoms with Gasteiger partial charge in [0.05, 0.1) is 16.7 Å². The van der Waals surface area contributed by atoms with Crippen LogP contribution in [0.4, 0.5) is 23.1 Å². The number of rotatable bonds is 4. The molecule has 7 nitrogen and oxygen atoms in total. The van der Waals surface area contributed by atoms with Crippen LogP contribution in [0.15, 0.2) is 48.7 Å². The zero-order chi connectivity index (χ0) is 17.9. The molecule has 8 heteroatoms. The Morgan fingerprint density at radius 1 is 1.12 bits per heavy atom. The molecule has 1 aliphatic heterocycles. The number of nitrogens with one attached hydrogen (secondary N) is 2. The van der Waals surface area contributed by atoms with Crippen molar-refractivity contribution in [3.63, 3.8) is 0 Å². The highest BCUT2D eigenvalue weighted by molar-refractivity contribution is 6.33. The van der Waals surface area contributed by atoms with Crippen molar-refractivity contribution in [2.24, 2.45) is 0 Å². The van der Waals surface area contributed by atoms with Gasteiger partial charge in [0.25, 0.3) is 0 Å². The van der Waals surface area contributed by atoms with Gasteiger partial charge in [0, 0.05) is 11.9 Å². The van der Waals surface area contributed by atoms with Crippen LogP contribution in [0.1, 0.15) is 5.56 Å². The molecule has 0 amide bonds. The van der Waals surface area contributed by atoms with Crippen molar-refractivity contribution in [1.82, 2.24) is 9.97 Å². The lowest BCUT2D eigenvalue weighted by Crippen LogP contribution is -2.01. The number of nitrogens with zero attached hydrogens (tertiary/aromatic N) is 3. The average molecular weight is 366 g/mol. The van der Waals surface area contributed by atoms with E-state index in [1.54, 1.807) is 42.6 Å². The van der Waals surface area contributed by atoms with Crippen LogP contribution < -0.4 is 20.1 Å². The van der Waals surface area contributed by atoms with E-state index in [2.05, 4.69) is 26.7 Å². The van der Waals surface area contributed by atoms with Crippen molar-refractivity contribution < 1.29 is 9.47 Å². The molecular weight excluding hydrogens is 354 g/mol. The number of halogens is 1. The average Bonchev–Trinajstić information content (AvgIpc) is 3.14. The Labute approximate surface area is 154 Å². The maximum Gasteiger partial charge on any atom is 0.231 e. The SMILES string of the molecule is N#Cc1cccc(Nc2nccc(Nc3c(Cl)ccc4c3OCO4)n2)c1. The molecular formula is C18H12ClN5O2. The van der Waals surface area contributed by atoms with Gasteiger partial charge in [-0.2, -0.15) is 10.2 Å². The Morgan fingerprint density at radius 3 is 2.92 bits per heavy atom. The fourth-order valence-electron chi connectivity index (χ4n) is 2.48. The standard InChI is InChI=1S/C18H12ClN5O2/c19-13-4-5-14-17(26-10-25-14)16(13)23-15-6-7-21-18(24-15)22-12-3-1-2-11(8-12)9-20/h1-8H,10H2,(H2,21,22,23,24). The van der Waals surface area contributed by atoms with Gasteiger partial charge in [0.15, 0.2) is 11.5 Å². The number of fused-ring (bicyclic) bond motifs is 1. The van der Waals surface area contributed by atoms with Crippen LogP contribution in [0.2, 0.25) is 5.02 Å². The summed E-state index contributed by atoms with van der Waals surface area (Å²) in [5.41, 5.74) is 1.85. The minimum absolute atomic E-state index is 0.149. The van der Waals surface area contributed by atoms with Gasteiger partial charge in [-0.05, 0) is 36.4 Å². The second-order valence-electron chi connectivity index (χ2n) is 5.36. The van der Waals surface area contributed by atoms with Crippen molar-refractivity contribution >= 4 is 34.7 Å². The molecule has 0 saturated carbocycles. The Kier molecular flexibility index (Phi) is 4.17. The predicted octanol–water partition coefficient (Wildman–Crippen LogP) is 4.22. The molecule has 2 aromatic carbocycles. The maximum absolute atomic E-state index is 8.99. The van der Waals surface area contributed by atoms with E-state index in [4.69, 9.17) is 26.3 Å². The lowest BCUT2D eigenvalue weighted by Gasteiger charge is -2.11. The van der Waals surface area contributed by atoms with Crippen molar-refractivity contribution in [1.29, 1.82) is 5.26 Å². The summed E-state index contributed by atoms with van der Waals surface area (Å²) in [6.07, 6.45) is 1.61. The molecule has 2 heterocycles. The zero-order valence-corrected chi connectivity index (χ0v) is 14.1. The van der Waals surface area contributed by atoms with Crippen molar-refractivity contribution in [2.45, 2.75) is 0 Å². The molecule has 0 spiro atoms. The van der Waals surface area contributed by atoms with Crippen LogP contribution in [0, 0.1) is 11.3 Å². The highest BCUT2D eigenvalue weighted by atomic mass is 35.5. The molecule has 0 aliphatic carbocycles. The third-order valence-corrected chi connectivity index (χ3v) is 3.96. The van der Waals surface area contributed by atoms with Crippen molar-refractivity contribution in [3.05, 3.63) is 59.2 Å². The number of ether oxygens (including phenoxy) is 2. The first-order valence-corrected chi connectivity index (χ1v) is 8.06. The van der Waals surface area contributed by atoms with Crippen LogP contribution in [0.25, 0.3) is 0 Å². The topological polar surface area (TPSA) is 92.1 Å². The number of hydrogen-bond donors (Lipinski definition) is 2. The van der Waals surface area contributed by atoms with Gasteiger partial charge in [-0.3, -0.25) is 0 Å². The molecule has 1 aliphatic rings. The van der Waals surface area contributed by atoms with E-state index in [1.807, 2.05) is 6.07 Å². The van der Waals surface area contributed by atoms with Gasteiger partial charge in [-0.25, -0.2) is 4.98 Å². The van der Waals surface area contributed by atoms with Crippen molar-refractivity contribution in [2.75, 3.05) is 17.4 Å². The first-order valence-electron chi connectivity index (χ1n) is 7.68. The predicted molar refractivity (Wildman–Crippen MR) is 97.3 cm³/mol. The summed E-state index contributed by atoms with van der Waals surface area (Å²) < 4.78 is 10.8. The van der Waals surface area contributed by atoms with Gasteiger partial charge in [0.2, 0.25) is 12.7 Å². The number of benzene rings is 2. The number of hydrogen-bond acceptors (Lipinski definition) is 7. The molecule has 0 fully saturated rings. The fourth-order valence-corrected chi connectivity index (χ4v) is 2.67. The Hall–Kier alpha value is -3.50. The fraction of sp³-hybridized carbons (Fsp3) is 0.0556. The Morgan fingerprint density at radius 2 is 2.04 bits per heavy atom. The molecule has 0 bridgehead atoms. The summed E-state index contributed by atoms with van der Waals surface area (Å²) in [6.45, 7) is 0.149. The summed E-state index contributed by atoms with van der Waals surface area (Å²) in [5.74, 6) is 2.08. The number of nitriles is 1. The van der Waals surface area contributed by atoms with E-state index in [9.17, 15) is 0 Å². The highest BCUT2D eigenvalue weighted by Gasteiger charge is 2.20. The molecule has 4 rings (SSSR count). The summed E-state index contributed by atoms with van der Waals surface area (Å²) in [6, 6.07) is 14.3. The summed E-state index contributed by atoms with van der Waals surface area (Å²) in [7, 11) is 0. The molecule has 2 N–H and O–H groups in total. The van der Waals surface area contributed by atoms with E-state index in [0.717, 1.165) is 5.69 Å². The lowest BCUT2D eigenvalue weighted by molar-refractivity contribution is 0.174. The molecule has 0 unspecified atom stereocenters. The number of anilines is 4. The highest BCUT2D eigenvalue weighted by Crippen LogP contribution is 2.44. The molecule has 128 valence electrons. The quantitative estimate of drug-likeness (QED) is 0.715. The summed E-state index contributed by atoms with van der Waals surface area (Å²) in [4.78, 5) is 8.61. The minimum atomic E-state index is 0.149. The second kappa shape index (κ2) is 6.78. The molecule has 26 heavy (non-hydrogen) atoms. The van der Waals surface area contributed by atoms with Crippen LogP contribution >= 0.6 is 11.6 Å². The Bertz CT molecular complexity index is 1020. The van der Waals surface area contributed by atoms with E-state index < -0.39 is 0 Å². The first kappa shape index (κ1) is 16.0. The zero-order valence-electron chi connectivity index (χ0n) is 13.4. The van der Waals surface area contributed by atoms with Gasteiger partial charge in [-0.1, -0.05) is 17.7 Å². The second-order valence-corrected chi connectivity index (χ2v) is 5.77. The molecule has 0 radical (unpaired) electrons. The normalized spacial score (nSPS) is 11.7. The maximum atomic E-state index is 8.99. The van der Waals surface area contributed by atoms with Crippen LogP contribution in [-0.4, -0.2) is 16.8 Å². The molecule has 1 aromatic heterocycles. The van der Waals surface area contributed by atoms with Gasteiger partial charge < -0.3 is 20.1 Å². The van der Waals surface area contributed by atoms with E-state index in [1.165, 1.54) is 0 Å². The third-order valence-electron chi connectivity index (χ3n) is 3.64. The van der Waals surface area contributed by atoms with Crippen LogP contribution in [0.3, 0.4) is 0 Å². The largest absolute Gasteiger partial charge is 0.454 e. The summed E-state index contributed by atoms with van der Waals surface area (Å²) >= 11 is 6.27. The summed E-state index contributed by atoms with van der Waals surface area (Å²) in [5, 5.41) is 15.7. The van der Waals surface area contributed by atoms with E-state index in [0.29, 0.717) is 39.5 Å².